The number of halogens is 2. The van der Waals surface area contributed by atoms with E-state index in [0.717, 1.165) is 0 Å². The van der Waals surface area contributed by atoms with Gasteiger partial charge in [0.15, 0.2) is 0 Å². The Balaban J connectivity index is 0. The van der Waals surface area contributed by atoms with E-state index in [-0.39, 0.29) is 12.0 Å². The summed E-state index contributed by atoms with van der Waals surface area (Å²) in [5.74, 6) is 0. The summed E-state index contributed by atoms with van der Waals surface area (Å²) in [6.45, 7) is 5.97. The van der Waals surface area contributed by atoms with Crippen molar-refractivity contribution in [3.05, 3.63) is 0 Å². The summed E-state index contributed by atoms with van der Waals surface area (Å²) in [4.78, 5) is 0. The fraction of sp³-hybridized carbons (Fsp3) is 1.00. The summed E-state index contributed by atoms with van der Waals surface area (Å²) in [5, 5.41) is 17.4. The smallest absolute Gasteiger partial charge is 0.394 e. The average molecular weight is 227 g/mol. The summed E-state index contributed by atoms with van der Waals surface area (Å²) in [5.41, 5.74) is 0.113. The Kier molecular flexibility index (Phi) is 11.6. The van der Waals surface area contributed by atoms with E-state index >= 15 is 0 Å². The summed E-state index contributed by atoms with van der Waals surface area (Å²) in [6, 6.07) is 0. The minimum absolute atomic E-state index is 0.113. The Hall–Kier alpha value is 1.27. The first-order valence-corrected chi connectivity index (χ1v) is 8.06. The van der Waals surface area contributed by atoms with E-state index in [9.17, 15) is 0 Å². The molecule has 0 aromatic rings. The third kappa shape index (κ3) is 17.4. The van der Waals surface area contributed by atoms with Crippen molar-refractivity contribution in [2.75, 3.05) is 6.61 Å². The molecule has 0 saturated carbocycles. The van der Waals surface area contributed by atoms with Gasteiger partial charge in [0.05, 0.1) is 12.7 Å². The van der Waals surface area contributed by atoms with Crippen molar-refractivity contribution < 1.29 is 10.2 Å². The Labute approximate surface area is 91.5 Å². The topological polar surface area (TPSA) is 40.5 Å². The molecule has 0 rings (SSSR count). The van der Waals surface area contributed by atoms with Crippen LogP contribution in [0.3, 0.4) is 0 Å². The van der Waals surface area contributed by atoms with Crippen LogP contribution in [0.25, 0.3) is 0 Å². The lowest BCUT2D eigenvalue weighted by Gasteiger charge is -2.20. The van der Waals surface area contributed by atoms with Gasteiger partial charge in [-0.1, -0.05) is 20.8 Å². The molecular formula is C7H16Cl2MgO2. The van der Waals surface area contributed by atoms with E-state index in [0.29, 0.717) is 6.42 Å². The first-order valence-electron chi connectivity index (χ1n) is 3.78. The molecule has 0 amide bonds. The summed E-state index contributed by atoms with van der Waals surface area (Å²) in [6.07, 6.45) is 0.105. The maximum atomic E-state index is 8.94. The normalized spacial score (nSPS) is 12.6. The molecular weight excluding hydrogens is 211 g/mol. The Morgan fingerprint density at radius 1 is 1.33 bits per heavy atom. The Morgan fingerprint density at radius 2 is 1.67 bits per heavy atom. The van der Waals surface area contributed by atoms with Gasteiger partial charge in [-0.05, 0) is 11.8 Å². The maximum absolute atomic E-state index is 8.94. The molecule has 2 N–H and O–H groups in total. The van der Waals surface area contributed by atoms with Gasteiger partial charge in [0.25, 0.3) is 0 Å². The van der Waals surface area contributed by atoms with Gasteiger partial charge in [-0.15, -0.1) is 0 Å². The summed E-state index contributed by atoms with van der Waals surface area (Å²) < 4.78 is 0. The lowest BCUT2D eigenvalue weighted by atomic mass is 9.89. The van der Waals surface area contributed by atoms with E-state index in [4.69, 9.17) is 28.4 Å². The lowest BCUT2D eigenvalue weighted by molar-refractivity contribution is 0.0612. The molecule has 1 atom stereocenters. The van der Waals surface area contributed by atoms with E-state index < -0.39 is 24.3 Å². The summed E-state index contributed by atoms with van der Waals surface area (Å²) >= 11 is -0.639. The zero-order valence-electron chi connectivity index (χ0n) is 7.85. The van der Waals surface area contributed by atoms with Crippen molar-refractivity contribution in [1.82, 2.24) is 0 Å². The van der Waals surface area contributed by atoms with Crippen molar-refractivity contribution in [3.63, 3.8) is 0 Å². The number of hydrogen-bond acceptors (Lipinski definition) is 2. The van der Waals surface area contributed by atoms with E-state index in [1.165, 1.54) is 0 Å². The zero-order chi connectivity index (χ0) is 10.2. The van der Waals surface area contributed by atoms with Crippen LogP contribution in [0.5, 0.6) is 0 Å². The van der Waals surface area contributed by atoms with Gasteiger partial charge in [-0.2, -0.15) is 0 Å². The van der Waals surface area contributed by atoms with Crippen LogP contribution in [0.15, 0.2) is 0 Å². The molecule has 0 heterocycles. The van der Waals surface area contributed by atoms with Gasteiger partial charge in [0, 0.05) is 0 Å². The van der Waals surface area contributed by atoms with E-state index in [1.54, 1.807) is 0 Å². The van der Waals surface area contributed by atoms with Crippen molar-refractivity contribution in [1.29, 1.82) is 0 Å². The predicted octanol–water partition coefficient (Wildman–Crippen LogP) is 1.77. The summed E-state index contributed by atoms with van der Waals surface area (Å²) in [7, 11) is 9.81. The number of hydrogen-bond donors (Lipinski definition) is 2. The quantitative estimate of drug-likeness (QED) is 0.706. The number of rotatable bonds is 2. The molecule has 0 aliphatic rings. The van der Waals surface area contributed by atoms with E-state index in [1.807, 2.05) is 20.8 Å². The molecule has 2 nitrogen and oxygen atoms in total. The number of aliphatic hydroxyl groups is 2. The number of aliphatic hydroxyl groups excluding tert-OH is 2. The lowest BCUT2D eigenvalue weighted by Crippen LogP contribution is -2.20. The molecule has 0 saturated heterocycles. The molecule has 5 heteroatoms. The Morgan fingerprint density at radius 3 is 1.75 bits per heavy atom. The van der Waals surface area contributed by atoms with Gasteiger partial charge in [-0.3, -0.25) is 0 Å². The Bertz CT molecular complexity index is 95.9. The zero-order valence-corrected chi connectivity index (χ0v) is 10.8. The van der Waals surface area contributed by atoms with Gasteiger partial charge in [0.2, 0.25) is 0 Å². The van der Waals surface area contributed by atoms with Crippen LogP contribution < -0.4 is 0 Å². The molecule has 12 heavy (non-hydrogen) atoms. The van der Waals surface area contributed by atoms with Crippen molar-refractivity contribution in [2.24, 2.45) is 5.41 Å². The largest absolute Gasteiger partial charge is 0.618 e. The second kappa shape index (κ2) is 8.85. The third-order valence-electron chi connectivity index (χ3n) is 1.06. The van der Waals surface area contributed by atoms with Crippen LogP contribution in [-0.4, -0.2) is 41.1 Å². The van der Waals surface area contributed by atoms with Gasteiger partial charge in [0.1, 0.15) is 0 Å². The molecule has 0 aromatic carbocycles. The van der Waals surface area contributed by atoms with Crippen molar-refractivity contribution in [3.8, 4) is 0 Å². The monoisotopic (exact) mass is 226 g/mol. The van der Waals surface area contributed by atoms with E-state index in [2.05, 4.69) is 0 Å². The standard InChI is InChI=1S/C7H16O2.2ClH.Mg/c1-7(2,3)4-6(9)5-8;;;/h6,8-9H,4-5H2,1-3H3;2*1H;/q;;;+2/p-2. The highest BCUT2D eigenvalue weighted by Crippen LogP contribution is 2.20. The molecule has 0 fully saturated rings. The minimum Gasteiger partial charge on any atom is -0.394 e. The first-order chi connectivity index (χ1) is 5.37. The van der Waals surface area contributed by atoms with Crippen LogP contribution in [0.1, 0.15) is 27.2 Å². The minimum atomic E-state index is -0.639. The van der Waals surface area contributed by atoms with Crippen molar-refractivity contribution in [2.45, 2.75) is 33.3 Å². The van der Waals surface area contributed by atoms with Crippen LogP contribution in [0, 0.1) is 5.41 Å². The van der Waals surface area contributed by atoms with Crippen molar-refractivity contribution >= 4 is 36.3 Å². The highest BCUT2D eigenvalue weighted by Gasteiger charge is 2.15. The molecule has 0 radical (unpaired) electrons. The fourth-order valence-corrected chi connectivity index (χ4v) is 0.771. The first kappa shape index (κ1) is 15.7. The van der Waals surface area contributed by atoms with Crippen LogP contribution >= 0.6 is 18.1 Å². The van der Waals surface area contributed by atoms with Crippen LogP contribution in [0.2, 0.25) is 0 Å². The van der Waals surface area contributed by atoms with Crippen LogP contribution in [0.4, 0.5) is 0 Å². The fourth-order valence-electron chi connectivity index (χ4n) is 0.771. The second-order valence-corrected chi connectivity index (χ2v) is 6.33. The molecule has 72 valence electrons. The highest BCUT2D eigenvalue weighted by molar-refractivity contribution is 7.22. The average Bonchev–Trinajstić information content (AvgIpc) is 1.86. The third-order valence-corrected chi connectivity index (χ3v) is 1.06. The molecule has 0 spiro atoms. The van der Waals surface area contributed by atoms with Crippen LogP contribution in [-0.2, 0) is 0 Å². The highest BCUT2D eigenvalue weighted by atomic mass is 35.6. The van der Waals surface area contributed by atoms with Gasteiger partial charge < -0.3 is 28.4 Å². The second-order valence-electron chi connectivity index (χ2n) is 3.70. The maximum Gasteiger partial charge on any atom is 0.618 e. The molecule has 1 unspecified atom stereocenters. The molecule has 0 bridgehead atoms. The molecule has 0 aliphatic carbocycles. The SMILES string of the molecule is CC(C)(C)CC(O)CO.[Cl][Mg][Cl]. The van der Waals surface area contributed by atoms with Gasteiger partial charge >= 0.3 is 18.2 Å². The predicted molar refractivity (Wildman–Crippen MR) is 54.6 cm³/mol. The molecule has 0 aliphatic heterocycles. The molecule has 0 aromatic heterocycles. The van der Waals surface area contributed by atoms with Gasteiger partial charge in [-0.25, -0.2) is 0 Å².